The molecule has 3 aromatic rings. The van der Waals surface area contributed by atoms with E-state index >= 15 is 0 Å². The Balaban J connectivity index is 0.000000707. The monoisotopic (exact) mass is 394 g/mol. The van der Waals surface area contributed by atoms with Crippen LogP contribution in [0.5, 0.6) is 5.75 Å². The molecule has 2 heterocycles. The molecular formula is C24H34N4O. The Kier molecular flexibility index (Phi) is 8.74. The van der Waals surface area contributed by atoms with E-state index < -0.39 is 0 Å². The summed E-state index contributed by atoms with van der Waals surface area (Å²) in [6.07, 6.45) is 1.72. The van der Waals surface area contributed by atoms with E-state index in [1.807, 2.05) is 58.0 Å². The third-order valence-electron chi connectivity index (χ3n) is 4.86. The molecule has 0 bridgehead atoms. The molecule has 0 spiro atoms. The van der Waals surface area contributed by atoms with Gasteiger partial charge in [-0.25, -0.2) is 0 Å². The topological polar surface area (TPSA) is 65.6 Å². The molecule has 0 unspecified atom stereocenters. The second-order valence-electron chi connectivity index (χ2n) is 6.50. The van der Waals surface area contributed by atoms with Crippen molar-refractivity contribution >= 4 is 22.3 Å². The van der Waals surface area contributed by atoms with Crippen molar-refractivity contribution in [2.75, 3.05) is 36.8 Å². The highest BCUT2D eigenvalue weighted by Crippen LogP contribution is 2.27. The Morgan fingerprint density at radius 2 is 1.55 bits per heavy atom. The number of pyridine rings is 1. The van der Waals surface area contributed by atoms with E-state index in [1.165, 1.54) is 11.3 Å². The number of nitrogens with zero attached hydrogens (tertiary/aromatic N) is 3. The van der Waals surface area contributed by atoms with Gasteiger partial charge in [0.05, 0.1) is 0 Å². The summed E-state index contributed by atoms with van der Waals surface area (Å²) in [6.45, 7) is 12.9. The van der Waals surface area contributed by atoms with Crippen LogP contribution in [0, 0.1) is 0 Å². The van der Waals surface area contributed by atoms with Gasteiger partial charge in [0, 0.05) is 55.7 Å². The van der Waals surface area contributed by atoms with E-state index in [1.54, 1.807) is 12.3 Å². The van der Waals surface area contributed by atoms with Crippen LogP contribution in [0.15, 0.2) is 54.7 Å². The number of hydrogen-bond acceptors (Lipinski definition) is 5. The standard InChI is InChI=1S/C20H22N4O.2C2H6/c21-16-4-6-17(7-5-16)24-12-10-23(11-13-24)14-15-3-8-19(25)20-18(15)2-1-9-22-20;2*1-2/h1-9,25H,10-14,21H2;2*1-2H3. The molecule has 5 heteroatoms. The van der Waals surface area contributed by atoms with Gasteiger partial charge in [-0.3, -0.25) is 9.88 Å². The average Bonchev–Trinajstić information content (AvgIpc) is 2.80. The molecule has 1 aliphatic heterocycles. The fraction of sp³-hybridized carbons (Fsp3) is 0.375. The molecule has 5 nitrogen and oxygen atoms in total. The van der Waals surface area contributed by atoms with Gasteiger partial charge in [-0.05, 0) is 42.0 Å². The molecule has 0 radical (unpaired) electrons. The van der Waals surface area contributed by atoms with Crippen molar-refractivity contribution in [3.63, 3.8) is 0 Å². The van der Waals surface area contributed by atoms with Crippen molar-refractivity contribution < 1.29 is 5.11 Å². The molecule has 1 aromatic heterocycles. The normalized spacial score (nSPS) is 13.9. The van der Waals surface area contributed by atoms with Crippen LogP contribution in [0.2, 0.25) is 0 Å². The summed E-state index contributed by atoms with van der Waals surface area (Å²) in [5.74, 6) is 0.243. The van der Waals surface area contributed by atoms with Gasteiger partial charge in [0.15, 0.2) is 0 Å². The molecule has 4 rings (SSSR count). The highest BCUT2D eigenvalue weighted by molar-refractivity contribution is 5.87. The molecule has 156 valence electrons. The summed E-state index contributed by atoms with van der Waals surface area (Å²) in [4.78, 5) is 9.15. The van der Waals surface area contributed by atoms with Crippen LogP contribution in [0.25, 0.3) is 10.9 Å². The lowest BCUT2D eigenvalue weighted by atomic mass is 10.1. The summed E-state index contributed by atoms with van der Waals surface area (Å²) < 4.78 is 0. The molecule has 1 saturated heterocycles. The first kappa shape index (κ1) is 22.5. The Labute approximate surface area is 174 Å². The van der Waals surface area contributed by atoms with Gasteiger partial charge < -0.3 is 15.7 Å². The third kappa shape index (κ3) is 5.61. The average molecular weight is 395 g/mol. The van der Waals surface area contributed by atoms with Crippen LogP contribution < -0.4 is 10.6 Å². The Morgan fingerprint density at radius 1 is 0.897 bits per heavy atom. The van der Waals surface area contributed by atoms with E-state index in [-0.39, 0.29) is 5.75 Å². The first-order valence-electron chi connectivity index (χ1n) is 10.6. The number of piperazine rings is 1. The summed E-state index contributed by atoms with van der Waals surface area (Å²) in [6, 6.07) is 15.8. The zero-order valence-electron chi connectivity index (χ0n) is 18.1. The predicted molar refractivity (Wildman–Crippen MR) is 124 cm³/mol. The van der Waals surface area contributed by atoms with Gasteiger partial charge in [0.2, 0.25) is 0 Å². The lowest BCUT2D eigenvalue weighted by Crippen LogP contribution is -2.45. The molecule has 0 saturated carbocycles. The van der Waals surface area contributed by atoms with E-state index in [9.17, 15) is 5.11 Å². The smallest absolute Gasteiger partial charge is 0.141 e. The first-order valence-corrected chi connectivity index (χ1v) is 10.6. The van der Waals surface area contributed by atoms with Crippen LogP contribution >= 0.6 is 0 Å². The molecule has 0 atom stereocenters. The fourth-order valence-corrected chi connectivity index (χ4v) is 3.44. The van der Waals surface area contributed by atoms with Gasteiger partial charge in [-0.1, -0.05) is 39.8 Å². The molecule has 1 fully saturated rings. The number of nitrogens with two attached hydrogens (primary N) is 1. The molecule has 0 aliphatic carbocycles. The van der Waals surface area contributed by atoms with Gasteiger partial charge in [-0.2, -0.15) is 0 Å². The van der Waals surface area contributed by atoms with Crippen molar-refractivity contribution in [1.82, 2.24) is 9.88 Å². The lowest BCUT2D eigenvalue weighted by molar-refractivity contribution is 0.250. The maximum atomic E-state index is 9.99. The largest absolute Gasteiger partial charge is 0.506 e. The number of hydrogen-bond donors (Lipinski definition) is 2. The molecule has 29 heavy (non-hydrogen) atoms. The van der Waals surface area contributed by atoms with Crippen LogP contribution in [0.3, 0.4) is 0 Å². The van der Waals surface area contributed by atoms with Gasteiger partial charge in [0.1, 0.15) is 11.3 Å². The van der Waals surface area contributed by atoms with E-state index in [4.69, 9.17) is 5.73 Å². The number of benzene rings is 2. The van der Waals surface area contributed by atoms with Crippen LogP contribution in [0.1, 0.15) is 33.3 Å². The molecule has 2 aromatic carbocycles. The van der Waals surface area contributed by atoms with Gasteiger partial charge in [-0.15, -0.1) is 0 Å². The van der Waals surface area contributed by atoms with E-state index in [2.05, 4.69) is 26.9 Å². The van der Waals surface area contributed by atoms with Crippen molar-refractivity contribution in [1.29, 1.82) is 0 Å². The molecule has 0 amide bonds. The Bertz CT molecular complexity index is 872. The van der Waals surface area contributed by atoms with E-state index in [0.717, 1.165) is 43.8 Å². The zero-order chi connectivity index (χ0) is 21.2. The summed E-state index contributed by atoms with van der Waals surface area (Å²) in [5, 5.41) is 11.0. The molecular weight excluding hydrogens is 360 g/mol. The highest BCUT2D eigenvalue weighted by Gasteiger charge is 2.18. The third-order valence-corrected chi connectivity index (χ3v) is 4.86. The Hall–Kier alpha value is -2.79. The van der Waals surface area contributed by atoms with Crippen LogP contribution in [0.4, 0.5) is 11.4 Å². The summed E-state index contributed by atoms with van der Waals surface area (Å²) >= 11 is 0. The maximum Gasteiger partial charge on any atom is 0.141 e. The number of aromatic nitrogens is 1. The number of rotatable bonds is 3. The highest BCUT2D eigenvalue weighted by atomic mass is 16.3. The quantitative estimate of drug-likeness (QED) is 0.619. The minimum Gasteiger partial charge on any atom is -0.506 e. The molecule has 1 aliphatic rings. The minimum absolute atomic E-state index is 0.243. The zero-order valence-corrected chi connectivity index (χ0v) is 18.1. The second kappa shape index (κ2) is 11.3. The minimum atomic E-state index is 0.243. The first-order chi connectivity index (χ1) is 14.2. The Morgan fingerprint density at radius 3 is 2.21 bits per heavy atom. The number of phenols is 1. The van der Waals surface area contributed by atoms with E-state index in [0.29, 0.717) is 5.52 Å². The number of fused-ring (bicyclic) bond motifs is 1. The lowest BCUT2D eigenvalue weighted by Gasteiger charge is -2.36. The fourth-order valence-electron chi connectivity index (χ4n) is 3.44. The number of aromatic hydroxyl groups is 1. The maximum absolute atomic E-state index is 9.99. The van der Waals surface area contributed by atoms with Crippen molar-refractivity contribution in [3.05, 3.63) is 60.3 Å². The summed E-state index contributed by atoms with van der Waals surface area (Å²) in [5.41, 5.74) is 9.69. The van der Waals surface area contributed by atoms with Crippen molar-refractivity contribution in [2.45, 2.75) is 34.2 Å². The second-order valence-corrected chi connectivity index (χ2v) is 6.50. The number of phenolic OH excluding ortho intramolecular Hbond substituents is 1. The predicted octanol–water partition coefficient (Wildman–Crippen LogP) is 4.90. The van der Waals surface area contributed by atoms with Gasteiger partial charge in [0.25, 0.3) is 0 Å². The number of anilines is 2. The van der Waals surface area contributed by atoms with Crippen molar-refractivity contribution in [2.24, 2.45) is 0 Å². The van der Waals surface area contributed by atoms with Gasteiger partial charge >= 0.3 is 0 Å². The van der Waals surface area contributed by atoms with Crippen LogP contribution in [-0.4, -0.2) is 41.2 Å². The van der Waals surface area contributed by atoms with Crippen LogP contribution in [-0.2, 0) is 6.54 Å². The SMILES string of the molecule is CC.CC.Nc1ccc(N2CCN(Cc3ccc(O)c4ncccc34)CC2)cc1. The molecule has 3 N–H and O–H groups in total. The van der Waals surface area contributed by atoms with Crippen molar-refractivity contribution in [3.8, 4) is 5.75 Å². The summed E-state index contributed by atoms with van der Waals surface area (Å²) in [7, 11) is 0. The number of nitrogen functional groups attached to an aromatic ring is 1.